The van der Waals surface area contributed by atoms with Crippen LogP contribution in [0.4, 0.5) is 0 Å². The van der Waals surface area contributed by atoms with E-state index in [2.05, 4.69) is 21.4 Å². The third-order valence-electron chi connectivity index (χ3n) is 2.88. The lowest BCUT2D eigenvalue weighted by Gasteiger charge is -2.31. The Kier molecular flexibility index (Phi) is 4.96. The normalized spacial score (nSPS) is 18.9. The fourth-order valence-electron chi connectivity index (χ4n) is 2.01. The van der Waals surface area contributed by atoms with E-state index >= 15 is 0 Å². The Morgan fingerprint density at radius 1 is 1.40 bits per heavy atom. The first-order chi connectivity index (χ1) is 7.33. The fraction of sp³-hybridized carbons (Fsp3) is 0.900. The van der Waals surface area contributed by atoms with Gasteiger partial charge in [-0.3, -0.25) is 5.32 Å². The molecule has 0 unspecified atom stereocenters. The number of nitriles is 1. The number of nitrogens with zero attached hydrogens (tertiary/aromatic N) is 4. The Morgan fingerprint density at radius 2 is 2.13 bits per heavy atom. The summed E-state index contributed by atoms with van der Waals surface area (Å²) in [5, 5.41) is 15.9. The van der Waals surface area contributed by atoms with Gasteiger partial charge in [0.05, 0.1) is 6.07 Å². The Morgan fingerprint density at radius 3 is 2.73 bits per heavy atom. The van der Waals surface area contributed by atoms with E-state index in [0.29, 0.717) is 6.54 Å². The Balaban J connectivity index is 2.27. The van der Waals surface area contributed by atoms with Gasteiger partial charge in [0.25, 0.3) is 0 Å². The van der Waals surface area contributed by atoms with Crippen molar-refractivity contribution in [1.82, 2.24) is 5.32 Å². The SMILES string of the molecule is N#CC1(NCCCN=[N+]=[N-])CCCCC1. The molecule has 0 aliphatic heterocycles. The molecule has 0 aromatic heterocycles. The van der Waals surface area contributed by atoms with Crippen molar-refractivity contribution in [3.63, 3.8) is 0 Å². The summed E-state index contributed by atoms with van der Waals surface area (Å²) in [5.74, 6) is 0. The van der Waals surface area contributed by atoms with E-state index in [0.717, 1.165) is 38.6 Å². The highest BCUT2D eigenvalue weighted by Crippen LogP contribution is 2.27. The van der Waals surface area contributed by atoms with Crippen LogP contribution >= 0.6 is 0 Å². The van der Waals surface area contributed by atoms with Crippen LogP contribution in [-0.4, -0.2) is 18.6 Å². The molecule has 0 amide bonds. The van der Waals surface area contributed by atoms with E-state index in [1.807, 2.05) is 0 Å². The number of azide groups is 1. The molecule has 0 radical (unpaired) electrons. The molecule has 1 rings (SSSR count). The summed E-state index contributed by atoms with van der Waals surface area (Å²) in [4.78, 5) is 2.69. The van der Waals surface area contributed by atoms with Gasteiger partial charge in [-0.15, -0.1) is 0 Å². The van der Waals surface area contributed by atoms with Gasteiger partial charge >= 0.3 is 0 Å². The van der Waals surface area contributed by atoms with Gasteiger partial charge in [0.2, 0.25) is 0 Å². The highest BCUT2D eigenvalue weighted by Gasteiger charge is 2.30. The third kappa shape index (κ3) is 3.78. The van der Waals surface area contributed by atoms with Crippen molar-refractivity contribution in [2.24, 2.45) is 5.11 Å². The van der Waals surface area contributed by atoms with Crippen molar-refractivity contribution in [2.75, 3.05) is 13.1 Å². The summed E-state index contributed by atoms with van der Waals surface area (Å²) >= 11 is 0. The van der Waals surface area contributed by atoms with Gasteiger partial charge in [-0.2, -0.15) is 5.26 Å². The zero-order valence-electron chi connectivity index (χ0n) is 8.95. The smallest absolute Gasteiger partial charge is 0.106 e. The monoisotopic (exact) mass is 207 g/mol. The van der Waals surface area contributed by atoms with E-state index < -0.39 is 0 Å². The van der Waals surface area contributed by atoms with Crippen LogP contribution in [0, 0.1) is 11.3 Å². The molecule has 0 saturated heterocycles. The Labute approximate surface area is 90.1 Å². The molecule has 15 heavy (non-hydrogen) atoms. The standard InChI is InChI=1S/C10H17N5/c11-9-10(5-2-1-3-6-10)13-7-4-8-14-15-12/h13H,1-8H2. The molecule has 82 valence electrons. The topological polar surface area (TPSA) is 84.6 Å². The van der Waals surface area contributed by atoms with Crippen molar-refractivity contribution in [3.05, 3.63) is 10.4 Å². The molecule has 1 saturated carbocycles. The summed E-state index contributed by atoms with van der Waals surface area (Å²) in [6.07, 6.45) is 6.21. The lowest BCUT2D eigenvalue weighted by atomic mass is 9.83. The highest BCUT2D eigenvalue weighted by atomic mass is 15.1. The van der Waals surface area contributed by atoms with Crippen LogP contribution in [0.25, 0.3) is 10.4 Å². The molecule has 0 spiro atoms. The molecular formula is C10H17N5. The summed E-state index contributed by atoms with van der Waals surface area (Å²) in [6.45, 7) is 1.26. The van der Waals surface area contributed by atoms with Gasteiger partial charge in [0.1, 0.15) is 5.54 Å². The van der Waals surface area contributed by atoms with Gasteiger partial charge in [-0.05, 0) is 31.3 Å². The Bertz CT molecular complexity index is 268. The minimum Gasteiger partial charge on any atom is -0.299 e. The predicted octanol–water partition coefficient (Wildman–Crippen LogP) is 2.50. The molecular weight excluding hydrogens is 190 g/mol. The van der Waals surface area contributed by atoms with Gasteiger partial charge in [0.15, 0.2) is 0 Å². The molecule has 5 nitrogen and oxygen atoms in total. The van der Waals surface area contributed by atoms with E-state index in [-0.39, 0.29) is 5.54 Å². The van der Waals surface area contributed by atoms with E-state index in [1.54, 1.807) is 0 Å². The minimum atomic E-state index is -0.311. The van der Waals surface area contributed by atoms with E-state index in [9.17, 15) is 0 Å². The first-order valence-corrected chi connectivity index (χ1v) is 5.50. The molecule has 1 fully saturated rings. The average molecular weight is 207 g/mol. The molecule has 0 heterocycles. The number of hydrogen-bond donors (Lipinski definition) is 1. The number of nitrogens with one attached hydrogen (secondary N) is 1. The van der Waals surface area contributed by atoms with Gasteiger partial charge in [0, 0.05) is 11.5 Å². The summed E-state index contributed by atoms with van der Waals surface area (Å²) in [7, 11) is 0. The van der Waals surface area contributed by atoms with Crippen LogP contribution in [-0.2, 0) is 0 Å². The van der Waals surface area contributed by atoms with Crippen molar-refractivity contribution in [2.45, 2.75) is 44.1 Å². The molecule has 0 aromatic carbocycles. The lowest BCUT2D eigenvalue weighted by Crippen LogP contribution is -2.45. The van der Waals surface area contributed by atoms with Crippen LogP contribution < -0.4 is 5.32 Å². The molecule has 0 aromatic rings. The highest BCUT2D eigenvalue weighted by molar-refractivity contribution is 5.08. The minimum absolute atomic E-state index is 0.311. The maximum atomic E-state index is 9.15. The zero-order chi connectivity index (χ0) is 11.0. The first-order valence-electron chi connectivity index (χ1n) is 5.50. The fourth-order valence-corrected chi connectivity index (χ4v) is 2.01. The van der Waals surface area contributed by atoms with Gasteiger partial charge in [-0.25, -0.2) is 0 Å². The summed E-state index contributed by atoms with van der Waals surface area (Å²) in [5.41, 5.74) is 7.79. The summed E-state index contributed by atoms with van der Waals surface area (Å²) in [6, 6.07) is 2.39. The zero-order valence-corrected chi connectivity index (χ0v) is 8.95. The molecule has 5 heteroatoms. The number of rotatable bonds is 5. The maximum Gasteiger partial charge on any atom is 0.106 e. The van der Waals surface area contributed by atoms with Crippen LogP contribution in [0.2, 0.25) is 0 Å². The molecule has 1 aliphatic rings. The average Bonchev–Trinajstić information content (AvgIpc) is 2.30. The predicted molar refractivity (Wildman–Crippen MR) is 58.1 cm³/mol. The van der Waals surface area contributed by atoms with Crippen LogP contribution in [0.5, 0.6) is 0 Å². The van der Waals surface area contributed by atoms with Crippen molar-refractivity contribution in [1.29, 1.82) is 5.26 Å². The second kappa shape index (κ2) is 6.28. The second-order valence-corrected chi connectivity index (χ2v) is 3.99. The molecule has 1 aliphatic carbocycles. The van der Waals surface area contributed by atoms with Crippen molar-refractivity contribution < 1.29 is 0 Å². The first kappa shape index (κ1) is 11.8. The lowest BCUT2D eigenvalue weighted by molar-refractivity contribution is 0.298. The van der Waals surface area contributed by atoms with Crippen molar-refractivity contribution in [3.8, 4) is 6.07 Å². The van der Waals surface area contributed by atoms with Crippen LogP contribution in [0.1, 0.15) is 38.5 Å². The second-order valence-electron chi connectivity index (χ2n) is 3.99. The van der Waals surface area contributed by atoms with Gasteiger partial charge < -0.3 is 0 Å². The number of hydrogen-bond acceptors (Lipinski definition) is 3. The Hall–Kier alpha value is -1.24. The van der Waals surface area contributed by atoms with Gasteiger partial charge in [-0.1, -0.05) is 24.4 Å². The molecule has 0 bridgehead atoms. The summed E-state index contributed by atoms with van der Waals surface area (Å²) < 4.78 is 0. The molecule has 0 atom stereocenters. The quantitative estimate of drug-likeness (QED) is 0.325. The third-order valence-corrected chi connectivity index (χ3v) is 2.88. The largest absolute Gasteiger partial charge is 0.299 e. The maximum absolute atomic E-state index is 9.15. The van der Waals surface area contributed by atoms with E-state index in [1.165, 1.54) is 6.42 Å². The van der Waals surface area contributed by atoms with Crippen molar-refractivity contribution >= 4 is 0 Å². The van der Waals surface area contributed by atoms with E-state index in [4.69, 9.17) is 10.8 Å². The van der Waals surface area contributed by atoms with Crippen LogP contribution in [0.15, 0.2) is 5.11 Å². The van der Waals surface area contributed by atoms with Crippen LogP contribution in [0.3, 0.4) is 0 Å². The molecule has 1 N–H and O–H groups in total.